The van der Waals surface area contributed by atoms with Gasteiger partial charge in [-0.3, -0.25) is 0 Å². The molecule has 0 unspecified atom stereocenters. The highest BCUT2D eigenvalue weighted by Gasteiger charge is 2.09. The molecule has 3 nitrogen and oxygen atoms in total. The lowest BCUT2D eigenvalue weighted by Gasteiger charge is -2.05. The van der Waals surface area contributed by atoms with Crippen LogP contribution in [0.2, 0.25) is 0 Å². The summed E-state index contributed by atoms with van der Waals surface area (Å²) in [7, 11) is -3.20. The third-order valence-corrected chi connectivity index (χ3v) is 4.67. The molecular weight excluding hydrogens is 304 g/mol. The van der Waals surface area contributed by atoms with E-state index in [1.54, 1.807) is 30.3 Å². The minimum atomic E-state index is -3.20. The van der Waals surface area contributed by atoms with Crippen molar-refractivity contribution in [1.82, 2.24) is 0 Å². The van der Waals surface area contributed by atoms with Gasteiger partial charge < -0.3 is 4.42 Å². The molecule has 2 aromatic carbocycles. The summed E-state index contributed by atoms with van der Waals surface area (Å²) in [6.45, 7) is 0. The molecule has 0 radical (unpaired) electrons. The maximum atomic E-state index is 11.5. The Kier molecular flexibility index (Phi) is 3.39. The summed E-state index contributed by atoms with van der Waals surface area (Å²) in [5, 5.41) is 0.893. The molecule has 1 aromatic heterocycles. The Labute approximate surface area is 127 Å². The molecule has 1 heterocycles. The fourth-order valence-electron chi connectivity index (χ4n) is 2.11. The van der Waals surface area contributed by atoms with Crippen LogP contribution < -0.4 is 0 Å². The van der Waals surface area contributed by atoms with Crippen molar-refractivity contribution < 1.29 is 12.8 Å². The van der Waals surface area contributed by atoms with Gasteiger partial charge in [-0.15, -0.1) is 0 Å². The van der Waals surface area contributed by atoms with Crippen molar-refractivity contribution in [2.24, 2.45) is 0 Å². The highest BCUT2D eigenvalue weighted by Crippen LogP contribution is 2.26. The van der Waals surface area contributed by atoms with Crippen LogP contribution in [0.3, 0.4) is 0 Å². The molecule has 0 aliphatic rings. The molecule has 0 saturated carbocycles. The second kappa shape index (κ2) is 5.09. The molecule has 0 spiro atoms. The fourth-order valence-corrected chi connectivity index (χ4v) is 3.02. The molecular formula is C16H12O3S2. The molecule has 0 N–H and O–H groups in total. The Morgan fingerprint density at radius 3 is 2.33 bits per heavy atom. The Hall–Kier alpha value is -1.98. The first-order valence-corrected chi connectivity index (χ1v) is 8.58. The number of rotatable bonds is 2. The summed E-state index contributed by atoms with van der Waals surface area (Å²) in [6, 6.07) is 15.9. The quantitative estimate of drug-likeness (QED) is 0.664. The van der Waals surface area contributed by atoms with Crippen LogP contribution in [0.4, 0.5) is 0 Å². The van der Waals surface area contributed by atoms with Crippen molar-refractivity contribution in [2.75, 3.05) is 6.26 Å². The number of para-hydroxylation sites is 1. The van der Waals surface area contributed by atoms with Crippen molar-refractivity contribution in [3.63, 3.8) is 0 Å². The van der Waals surface area contributed by atoms with E-state index in [1.165, 1.54) is 6.26 Å². The van der Waals surface area contributed by atoms with Gasteiger partial charge in [-0.05, 0) is 36.4 Å². The fraction of sp³-hybridized carbons (Fsp3) is 0.0625. The van der Waals surface area contributed by atoms with Crippen molar-refractivity contribution in [3.8, 4) is 11.3 Å². The van der Waals surface area contributed by atoms with E-state index in [4.69, 9.17) is 16.6 Å². The first kappa shape index (κ1) is 14.0. The average Bonchev–Trinajstić information content (AvgIpc) is 2.46. The molecule has 21 heavy (non-hydrogen) atoms. The summed E-state index contributed by atoms with van der Waals surface area (Å²) < 4.78 is 29.5. The standard InChI is InChI=1S/C16H12O3S2/c1-21(17,18)12-8-6-11(7-9-12)15-10-16(20)13-4-2-3-5-14(13)19-15/h2-10H,1H3. The van der Waals surface area contributed by atoms with E-state index in [1.807, 2.05) is 24.3 Å². The van der Waals surface area contributed by atoms with E-state index in [9.17, 15) is 8.42 Å². The second-order valence-corrected chi connectivity index (χ2v) is 7.22. The number of hydrogen-bond acceptors (Lipinski definition) is 4. The zero-order valence-corrected chi connectivity index (χ0v) is 12.9. The van der Waals surface area contributed by atoms with Crippen LogP contribution in [0.1, 0.15) is 0 Å². The molecule has 106 valence electrons. The van der Waals surface area contributed by atoms with Gasteiger partial charge in [-0.1, -0.05) is 24.4 Å². The lowest BCUT2D eigenvalue weighted by Crippen LogP contribution is -1.96. The Morgan fingerprint density at radius 1 is 1.00 bits per heavy atom. The Balaban J connectivity index is 2.15. The van der Waals surface area contributed by atoms with Gasteiger partial charge in [0, 0.05) is 23.3 Å². The molecule has 3 aromatic rings. The minimum absolute atomic E-state index is 0.283. The Bertz CT molecular complexity index is 968. The maximum absolute atomic E-state index is 11.5. The maximum Gasteiger partial charge on any atom is 0.175 e. The Morgan fingerprint density at radius 2 is 1.67 bits per heavy atom. The van der Waals surface area contributed by atoms with E-state index >= 15 is 0 Å². The number of hydrogen-bond donors (Lipinski definition) is 0. The van der Waals surface area contributed by atoms with Crippen LogP contribution in [-0.2, 0) is 9.84 Å². The van der Waals surface area contributed by atoms with Gasteiger partial charge in [0.05, 0.1) is 9.41 Å². The van der Waals surface area contributed by atoms with E-state index in [2.05, 4.69) is 0 Å². The van der Waals surface area contributed by atoms with Gasteiger partial charge in [0.1, 0.15) is 11.3 Å². The van der Waals surface area contributed by atoms with E-state index in [0.29, 0.717) is 15.9 Å². The van der Waals surface area contributed by atoms with Crippen molar-refractivity contribution in [2.45, 2.75) is 4.90 Å². The van der Waals surface area contributed by atoms with Crippen molar-refractivity contribution in [1.29, 1.82) is 0 Å². The normalized spacial score (nSPS) is 11.7. The third kappa shape index (κ3) is 2.75. The van der Waals surface area contributed by atoms with Crippen molar-refractivity contribution >= 4 is 33.0 Å². The second-order valence-electron chi connectivity index (χ2n) is 4.77. The van der Waals surface area contributed by atoms with Crippen LogP contribution in [0.15, 0.2) is 63.9 Å². The lowest BCUT2D eigenvalue weighted by atomic mass is 10.1. The molecule has 0 bridgehead atoms. The predicted octanol–water partition coefficient (Wildman–Crippen LogP) is 4.23. The van der Waals surface area contributed by atoms with Gasteiger partial charge in [-0.25, -0.2) is 8.42 Å². The largest absolute Gasteiger partial charge is 0.456 e. The average molecular weight is 316 g/mol. The van der Waals surface area contributed by atoms with Crippen LogP contribution in [-0.4, -0.2) is 14.7 Å². The smallest absolute Gasteiger partial charge is 0.175 e. The van der Waals surface area contributed by atoms with Crippen LogP contribution in [0.5, 0.6) is 0 Å². The first-order valence-electron chi connectivity index (χ1n) is 6.28. The van der Waals surface area contributed by atoms with E-state index in [0.717, 1.165) is 10.9 Å². The molecule has 5 heteroatoms. The summed E-state index contributed by atoms with van der Waals surface area (Å²) in [5.74, 6) is 0.624. The number of benzene rings is 2. The van der Waals surface area contributed by atoms with Gasteiger partial charge in [0.2, 0.25) is 0 Å². The lowest BCUT2D eigenvalue weighted by molar-refractivity contribution is 0.601. The molecule has 0 aliphatic carbocycles. The highest BCUT2D eigenvalue weighted by molar-refractivity contribution is 7.90. The number of fused-ring (bicyclic) bond motifs is 1. The summed E-state index contributed by atoms with van der Waals surface area (Å²) in [4.78, 5) is 0.283. The van der Waals surface area contributed by atoms with Gasteiger partial charge in [0.25, 0.3) is 0 Å². The molecule has 0 amide bonds. The van der Waals surface area contributed by atoms with Gasteiger partial charge in [-0.2, -0.15) is 0 Å². The predicted molar refractivity (Wildman–Crippen MR) is 85.6 cm³/mol. The minimum Gasteiger partial charge on any atom is -0.456 e. The number of sulfone groups is 1. The van der Waals surface area contributed by atoms with Crippen LogP contribution in [0.25, 0.3) is 22.3 Å². The van der Waals surface area contributed by atoms with Crippen molar-refractivity contribution in [3.05, 3.63) is 59.1 Å². The summed E-state index contributed by atoms with van der Waals surface area (Å²) in [5.41, 5.74) is 1.51. The zero-order chi connectivity index (χ0) is 15.0. The summed E-state index contributed by atoms with van der Waals surface area (Å²) >= 11 is 5.37. The third-order valence-electron chi connectivity index (χ3n) is 3.20. The topological polar surface area (TPSA) is 47.3 Å². The van der Waals surface area contributed by atoms with E-state index < -0.39 is 9.84 Å². The molecule has 0 aliphatic heterocycles. The molecule has 3 rings (SSSR count). The highest BCUT2D eigenvalue weighted by atomic mass is 32.2. The van der Waals surface area contributed by atoms with Crippen LogP contribution in [0, 0.1) is 4.51 Å². The first-order chi connectivity index (χ1) is 9.95. The van der Waals surface area contributed by atoms with Crippen LogP contribution >= 0.6 is 12.2 Å². The summed E-state index contributed by atoms with van der Waals surface area (Å²) in [6.07, 6.45) is 1.18. The van der Waals surface area contributed by atoms with Gasteiger partial charge in [0.15, 0.2) is 9.84 Å². The molecule has 0 fully saturated rings. The zero-order valence-electron chi connectivity index (χ0n) is 11.2. The molecule has 0 atom stereocenters. The molecule has 0 saturated heterocycles. The van der Waals surface area contributed by atoms with E-state index in [-0.39, 0.29) is 4.90 Å². The SMILES string of the molecule is CS(=O)(=O)c1ccc(-c2cc(=S)c3ccccc3o2)cc1. The van der Waals surface area contributed by atoms with Gasteiger partial charge >= 0.3 is 0 Å². The monoisotopic (exact) mass is 316 g/mol.